The maximum Gasteiger partial charge on any atom is 0.249 e. The van der Waals surface area contributed by atoms with Crippen molar-refractivity contribution in [3.8, 4) is 0 Å². The van der Waals surface area contributed by atoms with Crippen molar-refractivity contribution in [3.63, 3.8) is 0 Å². The highest BCUT2D eigenvalue weighted by Crippen LogP contribution is 2.30. The zero-order chi connectivity index (χ0) is 21.7. The Labute approximate surface area is 188 Å². The average molecular weight is 466 g/mol. The summed E-state index contributed by atoms with van der Waals surface area (Å²) in [6.45, 7) is 6.14. The maximum absolute atomic E-state index is 13.0. The molecular weight excluding hydrogens is 442 g/mol. The summed E-state index contributed by atoms with van der Waals surface area (Å²) in [5.41, 5.74) is 7.02. The van der Waals surface area contributed by atoms with Gasteiger partial charge in [0, 0.05) is 17.2 Å². The number of carbonyl (C=O) groups excluding carboxylic acids is 1. The number of carbonyl (C=O) groups is 1. The molecule has 0 saturated carbocycles. The number of aromatic nitrogens is 5. The first kappa shape index (κ1) is 22.5. The molecule has 1 amide bonds. The molecule has 0 fully saturated rings. The standard InChI is InChI=1S/C19H24ClN7OS2/c1-4-14(16(28)22-18-25-23-15(30-18)9-11(2)3)27-17(21)24-26-19(27)29-10-12-7-5-6-8-13(12)20/h5-8,11,14H,4,9-10H2,1-3H3,(H2,21,24)(H,22,25,28). The van der Waals surface area contributed by atoms with Crippen molar-refractivity contribution in [1.82, 2.24) is 25.0 Å². The predicted octanol–water partition coefficient (Wildman–Crippen LogP) is 4.45. The highest BCUT2D eigenvalue weighted by molar-refractivity contribution is 7.98. The zero-order valence-corrected chi connectivity index (χ0v) is 19.4. The highest BCUT2D eigenvalue weighted by Gasteiger charge is 2.26. The topological polar surface area (TPSA) is 112 Å². The highest BCUT2D eigenvalue weighted by atomic mass is 35.5. The van der Waals surface area contributed by atoms with Gasteiger partial charge in [0.25, 0.3) is 0 Å². The number of amides is 1. The lowest BCUT2D eigenvalue weighted by Gasteiger charge is -2.18. The second kappa shape index (κ2) is 10.2. The number of nitrogens with zero attached hydrogens (tertiary/aromatic N) is 5. The van der Waals surface area contributed by atoms with Crippen LogP contribution < -0.4 is 11.1 Å². The third-order valence-corrected chi connectivity index (χ3v) is 6.51. The molecule has 30 heavy (non-hydrogen) atoms. The van der Waals surface area contributed by atoms with Gasteiger partial charge in [-0.3, -0.25) is 14.7 Å². The monoisotopic (exact) mass is 465 g/mol. The van der Waals surface area contributed by atoms with Crippen LogP contribution in [0.25, 0.3) is 0 Å². The number of nitrogen functional groups attached to an aromatic ring is 1. The second-order valence-electron chi connectivity index (χ2n) is 7.10. The van der Waals surface area contributed by atoms with Gasteiger partial charge >= 0.3 is 0 Å². The lowest BCUT2D eigenvalue weighted by molar-refractivity contribution is -0.119. The number of nitrogens with one attached hydrogen (secondary N) is 1. The maximum atomic E-state index is 13.0. The van der Waals surface area contributed by atoms with Gasteiger partial charge in [-0.15, -0.1) is 20.4 Å². The van der Waals surface area contributed by atoms with Crippen molar-refractivity contribution in [2.24, 2.45) is 5.92 Å². The molecule has 0 bridgehead atoms. The SMILES string of the molecule is CCC(C(=O)Nc1nnc(CC(C)C)s1)n1c(N)nnc1SCc1ccccc1Cl. The van der Waals surface area contributed by atoms with Crippen LogP contribution in [0, 0.1) is 5.92 Å². The Morgan fingerprint density at radius 3 is 2.73 bits per heavy atom. The van der Waals surface area contributed by atoms with Gasteiger partial charge in [-0.05, 0) is 24.0 Å². The lowest BCUT2D eigenvalue weighted by Crippen LogP contribution is -2.27. The summed E-state index contributed by atoms with van der Waals surface area (Å²) in [6.07, 6.45) is 1.34. The summed E-state index contributed by atoms with van der Waals surface area (Å²) in [6, 6.07) is 7.04. The van der Waals surface area contributed by atoms with Gasteiger partial charge in [0.05, 0.1) is 0 Å². The van der Waals surface area contributed by atoms with Crippen LogP contribution in [0.15, 0.2) is 29.4 Å². The van der Waals surface area contributed by atoms with Crippen LogP contribution in [0.1, 0.15) is 43.8 Å². The molecular formula is C19H24ClN7OS2. The molecule has 1 unspecified atom stereocenters. The summed E-state index contributed by atoms with van der Waals surface area (Å²) in [5.74, 6) is 1.02. The van der Waals surface area contributed by atoms with E-state index >= 15 is 0 Å². The molecule has 0 saturated heterocycles. The Morgan fingerprint density at radius 1 is 1.27 bits per heavy atom. The van der Waals surface area contributed by atoms with Crippen LogP contribution in [-0.4, -0.2) is 30.9 Å². The van der Waals surface area contributed by atoms with Crippen LogP contribution in [0.4, 0.5) is 11.1 Å². The van der Waals surface area contributed by atoms with E-state index in [0.717, 1.165) is 17.0 Å². The fourth-order valence-corrected chi connectivity index (χ4v) is 5.08. The van der Waals surface area contributed by atoms with Crippen molar-refractivity contribution < 1.29 is 4.79 Å². The van der Waals surface area contributed by atoms with Gasteiger partial charge in [-0.1, -0.05) is 73.7 Å². The number of nitrogens with two attached hydrogens (primary N) is 1. The van der Waals surface area contributed by atoms with E-state index in [1.165, 1.54) is 23.1 Å². The van der Waals surface area contributed by atoms with Crippen molar-refractivity contribution in [2.45, 2.75) is 50.6 Å². The van der Waals surface area contributed by atoms with E-state index in [4.69, 9.17) is 17.3 Å². The Bertz CT molecular complexity index is 1000. The van der Waals surface area contributed by atoms with Crippen molar-refractivity contribution in [1.29, 1.82) is 0 Å². The van der Waals surface area contributed by atoms with E-state index in [1.54, 1.807) is 4.57 Å². The molecule has 3 rings (SSSR count). The number of benzene rings is 1. The van der Waals surface area contributed by atoms with Crippen LogP contribution in [0.3, 0.4) is 0 Å². The van der Waals surface area contributed by atoms with Gasteiger partial charge in [0.2, 0.25) is 17.0 Å². The number of thioether (sulfide) groups is 1. The van der Waals surface area contributed by atoms with Crippen molar-refractivity contribution >= 4 is 51.7 Å². The normalized spacial score (nSPS) is 12.3. The minimum absolute atomic E-state index is 0.191. The van der Waals surface area contributed by atoms with E-state index in [-0.39, 0.29) is 11.9 Å². The molecule has 2 aromatic heterocycles. The molecule has 1 atom stereocenters. The number of halogens is 1. The van der Waals surface area contributed by atoms with Gasteiger partial charge < -0.3 is 5.73 Å². The van der Waals surface area contributed by atoms with Gasteiger partial charge in [-0.2, -0.15) is 0 Å². The van der Waals surface area contributed by atoms with Crippen molar-refractivity contribution in [2.75, 3.05) is 11.1 Å². The Kier molecular flexibility index (Phi) is 7.68. The van der Waals surface area contributed by atoms with Crippen LogP contribution in [-0.2, 0) is 17.0 Å². The summed E-state index contributed by atoms with van der Waals surface area (Å²) in [7, 11) is 0. The van der Waals surface area contributed by atoms with Gasteiger partial charge in [0.1, 0.15) is 11.0 Å². The molecule has 11 heteroatoms. The summed E-state index contributed by atoms with van der Waals surface area (Å²) in [5, 5.41) is 21.8. The van der Waals surface area contributed by atoms with Crippen LogP contribution in [0.2, 0.25) is 5.02 Å². The van der Waals surface area contributed by atoms with E-state index < -0.39 is 6.04 Å². The van der Waals surface area contributed by atoms with E-state index in [9.17, 15) is 4.79 Å². The number of anilines is 2. The smallest absolute Gasteiger partial charge is 0.249 e. The third kappa shape index (κ3) is 5.50. The molecule has 3 aromatic rings. The molecule has 3 N–H and O–H groups in total. The quantitative estimate of drug-likeness (QED) is 0.449. The minimum Gasteiger partial charge on any atom is -0.368 e. The molecule has 160 valence electrons. The molecule has 0 aliphatic rings. The van der Waals surface area contributed by atoms with Crippen molar-refractivity contribution in [3.05, 3.63) is 39.9 Å². The molecule has 0 spiro atoms. The third-order valence-electron chi connectivity index (χ3n) is 4.29. The fourth-order valence-electron chi connectivity index (χ4n) is 2.85. The molecule has 0 aliphatic heterocycles. The Hall–Kier alpha value is -2.17. The van der Waals surface area contributed by atoms with Gasteiger partial charge in [0.15, 0.2) is 5.16 Å². The first-order chi connectivity index (χ1) is 14.4. The average Bonchev–Trinajstić information content (AvgIpc) is 3.28. The number of hydrogen-bond acceptors (Lipinski definition) is 8. The molecule has 2 heterocycles. The molecule has 0 aliphatic carbocycles. The van der Waals surface area contributed by atoms with E-state index in [2.05, 4.69) is 39.6 Å². The van der Waals surface area contributed by atoms with Gasteiger partial charge in [-0.25, -0.2) is 0 Å². The Balaban J connectivity index is 1.74. The number of rotatable bonds is 9. The summed E-state index contributed by atoms with van der Waals surface area (Å²) in [4.78, 5) is 13.0. The zero-order valence-electron chi connectivity index (χ0n) is 17.0. The second-order valence-corrected chi connectivity index (χ2v) is 9.51. The van der Waals surface area contributed by atoms with Crippen LogP contribution >= 0.6 is 34.7 Å². The minimum atomic E-state index is -0.564. The predicted molar refractivity (Wildman–Crippen MR) is 122 cm³/mol. The van der Waals surface area contributed by atoms with E-state index in [0.29, 0.717) is 33.4 Å². The first-order valence-corrected chi connectivity index (χ1v) is 11.8. The first-order valence-electron chi connectivity index (χ1n) is 9.58. The summed E-state index contributed by atoms with van der Waals surface area (Å²) >= 11 is 9.06. The molecule has 8 nitrogen and oxygen atoms in total. The summed E-state index contributed by atoms with van der Waals surface area (Å²) < 4.78 is 1.66. The van der Waals surface area contributed by atoms with E-state index in [1.807, 2.05) is 31.2 Å². The Morgan fingerprint density at radius 2 is 2.03 bits per heavy atom. The molecule has 1 aromatic carbocycles. The fraction of sp³-hybridized carbons (Fsp3) is 0.421. The largest absolute Gasteiger partial charge is 0.368 e. The number of hydrogen-bond donors (Lipinski definition) is 2. The lowest BCUT2D eigenvalue weighted by atomic mass is 10.1. The van der Waals surface area contributed by atoms with Crippen LogP contribution in [0.5, 0.6) is 0 Å². The molecule has 0 radical (unpaired) electrons.